The summed E-state index contributed by atoms with van der Waals surface area (Å²) in [6.45, 7) is 5.73. The second-order valence-corrected chi connectivity index (χ2v) is 7.07. The molecule has 0 saturated carbocycles. The van der Waals surface area contributed by atoms with E-state index in [-0.39, 0.29) is 0 Å². The lowest BCUT2D eigenvalue weighted by Crippen LogP contribution is -2.37. The number of nitrogens with zero attached hydrogens (tertiary/aromatic N) is 3. The van der Waals surface area contributed by atoms with Gasteiger partial charge in [-0.3, -0.25) is 4.90 Å². The molecule has 0 unspecified atom stereocenters. The molecule has 2 aromatic carbocycles. The van der Waals surface area contributed by atoms with Crippen molar-refractivity contribution in [2.75, 3.05) is 50.0 Å². The molecule has 2 N–H and O–H groups in total. The average molecular weight is 390 g/mol. The van der Waals surface area contributed by atoms with E-state index in [4.69, 9.17) is 4.74 Å². The summed E-state index contributed by atoms with van der Waals surface area (Å²) in [7, 11) is 0. The first-order valence-corrected chi connectivity index (χ1v) is 10.2. The molecule has 4 rings (SSSR count). The van der Waals surface area contributed by atoms with Crippen molar-refractivity contribution in [3.8, 4) is 11.1 Å². The van der Waals surface area contributed by atoms with Crippen LogP contribution in [0.4, 0.5) is 17.5 Å². The Hall–Kier alpha value is -2.96. The van der Waals surface area contributed by atoms with E-state index in [9.17, 15) is 0 Å². The van der Waals surface area contributed by atoms with Gasteiger partial charge in [0.05, 0.1) is 13.2 Å². The van der Waals surface area contributed by atoms with E-state index >= 15 is 0 Å². The molecule has 0 amide bonds. The summed E-state index contributed by atoms with van der Waals surface area (Å²) in [5, 5.41) is 6.71. The monoisotopic (exact) mass is 389 g/mol. The highest BCUT2D eigenvalue weighted by molar-refractivity contribution is 5.69. The van der Waals surface area contributed by atoms with Crippen LogP contribution in [0.3, 0.4) is 0 Å². The quantitative estimate of drug-likeness (QED) is 0.568. The second-order valence-electron chi connectivity index (χ2n) is 7.07. The van der Waals surface area contributed by atoms with Crippen molar-refractivity contribution in [3.05, 3.63) is 66.9 Å². The molecule has 29 heavy (non-hydrogen) atoms. The van der Waals surface area contributed by atoms with Gasteiger partial charge in [0.2, 0.25) is 5.95 Å². The van der Waals surface area contributed by atoms with E-state index in [2.05, 4.69) is 49.8 Å². The molecule has 0 spiro atoms. The van der Waals surface area contributed by atoms with Crippen molar-refractivity contribution in [2.45, 2.75) is 6.42 Å². The molecule has 3 aromatic rings. The summed E-state index contributed by atoms with van der Waals surface area (Å²) >= 11 is 0. The predicted octanol–water partition coefficient (Wildman–Crippen LogP) is 4.02. The summed E-state index contributed by atoms with van der Waals surface area (Å²) < 4.78 is 5.39. The van der Waals surface area contributed by atoms with Gasteiger partial charge in [-0.15, -0.1) is 0 Å². The highest BCUT2D eigenvalue weighted by Gasteiger charge is 2.09. The number of morpholine rings is 1. The lowest BCUT2D eigenvalue weighted by Gasteiger charge is -2.26. The number of rotatable bonds is 8. The fourth-order valence-electron chi connectivity index (χ4n) is 3.40. The molecule has 150 valence electrons. The third-order valence-corrected chi connectivity index (χ3v) is 4.94. The normalized spacial score (nSPS) is 14.5. The molecule has 1 aliphatic heterocycles. The number of nitrogens with one attached hydrogen (secondary N) is 2. The van der Waals surface area contributed by atoms with Gasteiger partial charge in [-0.05, 0) is 42.3 Å². The van der Waals surface area contributed by atoms with Crippen LogP contribution in [0.25, 0.3) is 11.1 Å². The molecule has 1 aromatic heterocycles. The minimum atomic E-state index is 0.591. The van der Waals surface area contributed by atoms with Gasteiger partial charge >= 0.3 is 0 Å². The number of aromatic nitrogens is 2. The van der Waals surface area contributed by atoms with Crippen LogP contribution in [0.5, 0.6) is 0 Å². The molecule has 1 aliphatic rings. The SMILES string of the molecule is c1ccc(-c2cccc(Nc3nccc(NCCCN4CCOCC4)n3)c2)cc1. The Bertz CT molecular complexity index is 897. The standard InChI is InChI=1S/C23H27N5O/c1-2-6-19(7-3-1)20-8-4-9-21(18-20)26-23-25-12-10-22(27-23)24-11-5-13-28-14-16-29-17-15-28/h1-4,6-10,12,18H,5,11,13-17H2,(H2,24,25,26,27). The van der Waals surface area contributed by atoms with Crippen LogP contribution < -0.4 is 10.6 Å². The van der Waals surface area contributed by atoms with E-state index in [0.717, 1.165) is 62.9 Å². The summed E-state index contributed by atoms with van der Waals surface area (Å²) in [6, 6.07) is 20.5. The van der Waals surface area contributed by atoms with Crippen LogP contribution in [0, 0.1) is 0 Å². The van der Waals surface area contributed by atoms with Gasteiger partial charge in [-0.2, -0.15) is 4.98 Å². The van der Waals surface area contributed by atoms with Gasteiger partial charge in [-0.1, -0.05) is 42.5 Å². The molecule has 0 aliphatic carbocycles. The molecule has 0 bridgehead atoms. The average Bonchev–Trinajstić information content (AvgIpc) is 2.79. The van der Waals surface area contributed by atoms with Crippen molar-refractivity contribution in [3.63, 3.8) is 0 Å². The number of ether oxygens (including phenoxy) is 1. The van der Waals surface area contributed by atoms with Gasteiger partial charge in [-0.25, -0.2) is 4.98 Å². The minimum absolute atomic E-state index is 0.591. The molecule has 6 heteroatoms. The van der Waals surface area contributed by atoms with Crippen LogP contribution in [-0.4, -0.2) is 54.3 Å². The van der Waals surface area contributed by atoms with Crippen molar-refractivity contribution >= 4 is 17.5 Å². The van der Waals surface area contributed by atoms with Crippen LogP contribution >= 0.6 is 0 Å². The Labute approximate surface area is 172 Å². The van der Waals surface area contributed by atoms with E-state index < -0.39 is 0 Å². The Morgan fingerprint density at radius 3 is 2.62 bits per heavy atom. The topological polar surface area (TPSA) is 62.3 Å². The number of hydrogen-bond donors (Lipinski definition) is 2. The third-order valence-electron chi connectivity index (χ3n) is 4.94. The highest BCUT2D eigenvalue weighted by atomic mass is 16.5. The lowest BCUT2D eigenvalue weighted by atomic mass is 10.1. The van der Waals surface area contributed by atoms with Crippen molar-refractivity contribution in [2.24, 2.45) is 0 Å². The maximum absolute atomic E-state index is 5.39. The zero-order valence-electron chi connectivity index (χ0n) is 16.6. The van der Waals surface area contributed by atoms with E-state index in [1.54, 1.807) is 6.20 Å². The van der Waals surface area contributed by atoms with Gasteiger partial charge in [0.1, 0.15) is 5.82 Å². The predicted molar refractivity (Wildman–Crippen MR) is 118 cm³/mol. The smallest absolute Gasteiger partial charge is 0.229 e. The van der Waals surface area contributed by atoms with Gasteiger partial charge in [0, 0.05) is 31.5 Å². The first-order chi connectivity index (χ1) is 14.4. The highest BCUT2D eigenvalue weighted by Crippen LogP contribution is 2.23. The van der Waals surface area contributed by atoms with Crippen molar-refractivity contribution in [1.29, 1.82) is 0 Å². The first kappa shape index (κ1) is 19.4. The van der Waals surface area contributed by atoms with E-state index in [1.165, 1.54) is 5.56 Å². The zero-order chi connectivity index (χ0) is 19.7. The summed E-state index contributed by atoms with van der Waals surface area (Å²) in [5.41, 5.74) is 3.32. The third kappa shape index (κ3) is 5.76. The number of benzene rings is 2. The first-order valence-electron chi connectivity index (χ1n) is 10.2. The van der Waals surface area contributed by atoms with Crippen molar-refractivity contribution < 1.29 is 4.74 Å². The van der Waals surface area contributed by atoms with Crippen LogP contribution in [0.1, 0.15) is 6.42 Å². The van der Waals surface area contributed by atoms with Crippen LogP contribution in [0.15, 0.2) is 66.9 Å². The minimum Gasteiger partial charge on any atom is -0.379 e. The van der Waals surface area contributed by atoms with Crippen LogP contribution in [0.2, 0.25) is 0 Å². The van der Waals surface area contributed by atoms with Gasteiger partial charge < -0.3 is 15.4 Å². The van der Waals surface area contributed by atoms with E-state index in [0.29, 0.717) is 5.95 Å². The molecule has 2 heterocycles. The summed E-state index contributed by atoms with van der Waals surface area (Å²) in [4.78, 5) is 11.4. The van der Waals surface area contributed by atoms with Crippen molar-refractivity contribution in [1.82, 2.24) is 14.9 Å². The van der Waals surface area contributed by atoms with Crippen LogP contribution in [-0.2, 0) is 4.74 Å². The lowest BCUT2D eigenvalue weighted by molar-refractivity contribution is 0.0378. The Morgan fingerprint density at radius 1 is 0.931 bits per heavy atom. The summed E-state index contributed by atoms with van der Waals surface area (Å²) in [6.07, 6.45) is 2.85. The van der Waals surface area contributed by atoms with E-state index in [1.807, 2.05) is 36.4 Å². The maximum atomic E-state index is 5.39. The maximum Gasteiger partial charge on any atom is 0.229 e. The molecule has 0 atom stereocenters. The fraction of sp³-hybridized carbons (Fsp3) is 0.304. The molecular formula is C23H27N5O. The largest absolute Gasteiger partial charge is 0.379 e. The fourth-order valence-corrected chi connectivity index (χ4v) is 3.40. The Balaban J connectivity index is 1.32. The Kier molecular flexibility index (Phi) is 6.68. The number of hydrogen-bond acceptors (Lipinski definition) is 6. The Morgan fingerprint density at radius 2 is 1.76 bits per heavy atom. The molecule has 1 saturated heterocycles. The molecule has 6 nitrogen and oxygen atoms in total. The molecule has 0 radical (unpaired) electrons. The summed E-state index contributed by atoms with van der Waals surface area (Å²) in [5.74, 6) is 1.43. The van der Waals surface area contributed by atoms with Gasteiger partial charge in [0.25, 0.3) is 0 Å². The number of anilines is 3. The zero-order valence-corrected chi connectivity index (χ0v) is 16.6. The van der Waals surface area contributed by atoms with Gasteiger partial charge in [0.15, 0.2) is 0 Å². The second kappa shape index (κ2) is 10.0. The molecule has 1 fully saturated rings. The molecular weight excluding hydrogens is 362 g/mol.